The zero-order chi connectivity index (χ0) is 13.9. The van der Waals surface area contributed by atoms with Crippen molar-refractivity contribution in [3.63, 3.8) is 0 Å². The highest BCUT2D eigenvalue weighted by Crippen LogP contribution is 2.19. The third-order valence-electron chi connectivity index (χ3n) is 2.57. The summed E-state index contributed by atoms with van der Waals surface area (Å²) in [7, 11) is 0.109. The van der Waals surface area contributed by atoms with Crippen molar-refractivity contribution in [1.29, 1.82) is 0 Å². The Bertz CT molecular complexity index is 550. The Morgan fingerprint density at radius 3 is 2.44 bits per heavy atom. The first kappa shape index (κ1) is 14.5. The van der Waals surface area contributed by atoms with Crippen LogP contribution >= 0.6 is 0 Å². The largest absolute Gasteiger partial charge is 0.376 e. The van der Waals surface area contributed by atoms with E-state index in [1.54, 1.807) is 32.3 Å². The number of hydrogen-bond donors (Lipinski definition) is 1. The molecular formula is C12H18N2O3S. The summed E-state index contributed by atoms with van der Waals surface area (Å²) in [6.45, 7) is 2.00. The molecule has 0 spiro atoms. The van der Waals surface area contributed by atoms with Crippen molar-refractivity contribution in [2.75, 3.05) is 32.2 Å². The van der Waals surface area contributed by atoms with Gasteiger partial charge < -0.3 is 10.2 Å². The summed E-state index contributed by atoms with van der Waals surface area (Å²) in [5.41, 5.74) is 1.56. The minimum atomic E-state index is -3.23. The maximum Gasteiger partial charge on any atom is 0.241 e. The molecule has 0 saturated carbocycles. The number of sulfone groups is 1. The van der Waals surface area contributed by atoms with Gasteiger partial charge in [0, 0.05) is 26.0 Å². The van der Waals surface area contributed by atoms with Gasteiger partial charge in [-0.05, 0) is 24.6 Å². The topological polar surface area (TPSA) is 66.5 Å². The molecule has 0 aliphatic heterocycles. The first-order chi connectivity index (χ1) is 8.21. The Balaban J connectivity index is 2.92. The Morgan fingerprint density at radius 2 is 1.94 bits per heavy atom. The number of amides is 1. The number of aryl methyl sites for hydroxylation is 1. The third kappa shape index (κ3) is 3.73. The average Bonchev–Trinajstić information content (AvgIpc) is 2.25. The van der Waals surface area contributed by atoms with Crippen LogP contribution < -0.4 is 5.32 Å². The molecule has 1 N–H and O–H groups in total. The van der Waals surface area contributed by atoms with Crippen LogP contribution in [0.3, 0.4) is 0 Å². The fraction of sp³-hybridized carbons (Fsp3) is 0.417. The number of nitrogens with one attached hydrogen (secondary N) is 1. The molecule has 6 heteroatoms. The molecule has 1 aromatic carbocycles. The van der Waals surface area contributed by atoms with Crippen molar-refractivity contribution >= 4 is 21.4 Å². The molecule has 0 aliphatic carbocycles. The Kier molecular flexibility index (Phi) is 4.34. The lowest BCUT2D eigenvalue weighted by atomic mass is 10.2. The van der Waals surface area contributed by atoms with E-state index in [1.807, 2.05) is 6.92 Å². The van der Waals surface area contributed by atoms with Crippen molar-refractivity contribution in [2.45, 2.75) is 11.8 Å². The van der Waals surface area contributed by atoms with Crippen LogP contribution in [-0.2, 0) is 14.6 Å². The molecule has 5 nitrogen and oxygen atoms in total. The second-order valence-electron chi connectivity index (χ2n) is 4.39. The second kappa shape index (κ2) is 5.39. The zero-order valence-electron chi connectivity index (χ0n) is 11.0. The van der Waals surface area contributed by atoms with Crippen LogP contribution in [0.15, 0.2) is 23.1 Å². The van der Waals surface area contributed by atoms with E-state index in [1.165, 1.54) is 4.90 Å². The highest BCUT2D eigenvalue weighted by molar-refractivity contribution is 7.90. The number of rotatable bonds is 4. The van der Waals surface area contributed by atoms with Crippen LogP contribution in [0.5, 0.6) is 0 Å². The van der Waals surface area contributed by atoms with Crippen LogP contribution in [0, 0.1) is 6.92 Å². The number of benzene rings is 1. The predicted molar refractivity (Wildman–Crippen MR) is 71.5 cm³/mol. The summed E-state index contributed by atoms with van der Waals surface area (Å²) in [6.07, 6.45) is 1.16. The van der Waals surface area contributed by atoms with Gasteiger partial charge in [-0.15, -0.1) is 0 Å². The number of likely N-dealkylation sites (N-methyl/N-ethyl adjacent to an activating group) is 1. The molecule has 0 bridgehead atoms. The van der Waals surface area contributed by atoms with Gasteiger partial charge in [0.15, 0.2) is 9.84 Å². The van der Waals surface area contributed by atoms with E-state index in [4.69, 9.17) is 0 Å². The number of hydrogen-bond acceptors (Lipinski definition) is 4. The fourth-order valence-corrected chi connectivity index (χ4v) is 2.00. The van der Waals surface area contributed by atoms with Gasteiger partial charge in [0.05, 0.1) is 11.4 Å². The lowest BCUT2D eigenvalue weighted by Gasteiger charge is -2.14. The molecule has 18 heavy (non-hydrogen) atoms. The normalized spacial score (nSPS) is 11.1. The van der Waals surface area contributed by atoms with E-state index in [0.29, 0.717) is 5.69 Å². The molecular weight excluding hydrogens is 252 g/mol. The van der Waals surface area contributed by atoms with Gasteiger partial charge in [0.1, 0.15) is 0 Å². The van der Waals surface area contributed by atoms with Gasteiger partial charge in [-0.25, -0.2) is 8.42 Å². The Morgan fingerprint density at radius 1 is 1.33 bits per heavy atom. The van der Waals surface area contributed by atoms with Crippen molar-refractivity contribution in [3.8, 4) is 0 Å². The van der Waals surface area contributed by atoms with Gasteiger partial charge in [-0.3, -0.25) is 4.79 Å². The fourth-order valence-electron chi connectivity index (χ4n) is 1.35. The summed E-state index contributed by atoms with van der Waals surface area (Å²) in [5.74, 6) is -0.0702. The molecule has 0 unspecified atom stereocenters. The van der Waals surface area contributed by atoms with E-state index in [2.05, 4.69) is 5.32 Å². The first-order valence-corrected chi connectivity index (χ1v) is 7.35. The first-order valence-electron chi connectivity index (χ1n) is 5.46. The van der Waals surface area contributed by atoms with E-state index in [9.17, 15) is 13.2 Å². The molecule has 0 aliphatic rings. The summed E-state index contributed by atoms with van der Waals surface area (Å²) >= 11 is 0. The smallest absolute Gasteiger partial charge is 0.241 e. The maximum atomic E-state index is 11.5. The molecule has 1 aromatic rings. The predicted octanol–water partition coefficient (Wildman–Crippen LogP) is 0.899. The van der Waals surface area contributed by atoms with Gasteiger partial charge in [-0.2, -0.15) is 0 Å². The van der Waals surface area contributed by atoms with Gasteiger partial charge in [-0.1, -0.05) is 6.07 Å². The van der Waals surface area contributed by atoms with E-state index < -0.39 is 9.84 Å². The van der Waals surface area contributed by atoms with E-state index in [-0.39, 0.29) is 17.3 Å². The van der Waals surface area contributed by atoms with E-state index in [0.717, 1.165) is 11.8 Å². The van der Waals surface area contributed by atoms with E-state index >= 15 is 0 Å². The summed E-state index contributed by atoms with van der Waals surface area (Å²) in [5, 5.41) is 2.95. The van der Waals surface area contributed by atoms with Gasteiger partial charge in [0.25, 0.3) is 0 Å². The lowest BCUT2D eigenvalue weighted by molar-refractivity contribution is -0.126. The molecule has 0 fully saturated rings. The zero-order valence-corrected chi connectivity index (χ0v) is 11.8. The van der Waals surface area contributed by atoms with Crippen LogP contribution in [0.1, 0.15) is 5.56 Å². The van der Waals surface area contributed by atoms with Gasteiger partial charge in [0.2, 0.25) is 5.91 Å². The minimum Gasteiger partial charge on any atom is -0.376 e. The number of carbonyl (C=O) groups excluding carboxylic acids is 1. The monoisotopic (exact) mass is 270 g/mol. The highest BCUT2D eigenvalue weighted by atomic mass is 32.2. The summed E-state index contributed by atoms with van der Waals surface area (Å²) < 4.78 is 22.9. The molecule has 0 atom stereocenters. The molecule has 0 radical (unpaired) electrons. The molecule has 1 amide bonds. The summed E-state index contributed by atoms with van der Waals surface area (Å²) in [4.78, 5) is 13.2. The lowest BCUT2D eigenvalue weighted by Crippen LogP contribution is -2.28. The molecule has 0 saturated heterocycles. The standard InChI is InChI=1S/C12H18N2O3S/c1-9-5-6-10(18(4,16)17)7-11(9)13-8-12(15)14(2)3/h5-7,13H,8H2,1-4H3. The van der Waals surface area contributed by atoms with Gasteiger partial charge >= 0.3 is 0 Å². The SMILES string of the molecule is Cc1ccc(S(C)(=O)=O)cc1NCC(=O)N(C)C. The highest BCUT2D eigenvalue weighted by Gasteiger charge is 2.10. The summed E-state index contributed by atoms with van der Waals surface area (Å²) in [6, 6.07) is 4.83. The van der Waals surface area contributed by atoms with Crippen molar-refractivity contribution in [3.05, 3.63) is 23.8 Å². The number of anilines is 1. The maximum absolute atomic E-state index is 11.5. The van der Waals surface area contributed by atoms with Crippen molar-refractivity contribution in [2.24, 2.45) is 0 Å². The minimum absolute atomic E-state index is 0.0702. The average molecular weight is 270 g/mol. The Labute approximate surface area is 108 Å². The number of carbonyl (C=O) groups is 1. The molecule has 1 rings (SSSR count). The number of nitrogens with zero attached hydrogens (tertiary/aromatic N) is 1. The van der Waals surface area contributed by atoms with Crippen molar-refractivity contribution in [1.82, 2.24) is 4.90 Å². The van der Waals surface area contributed by atoms with Crippen LogP contribution in [0.4, 0.5) is 5.69 Å². The molecule has 0 aromatic heterocycles. The molecule has 0 heterocycles. The van der Waals surface area contributed by atoms with Crippen molar-refractivity contribution < 1.29 is 13.2 Å². The third-order valence-corrected chi connectivity index (χ3v) is 3.68. The second-order valence-corrected chi connectivity index (χ2v) is 6.41. The van der Waals surface area contributed by atoms with Crippen LogP contribution in [0.25, 0.3) is 0 Å². The van der Waals surface area contributed by atoms with Crippen LogP contribution in [-0.4, -0.2) is 46.1 Å². The molecule has 100 valence electrons. The Hall–Kier alpha value is -1.56. The quantitative estimate of drug-likeness (QED) is 0.882. The van der Waals surface area contributed by atoms with Crippen LogP contribution in [0.2, 0.25) is 0 Å².